The molecule has 0 atom stereocenters. The number of hydrogen-bond donors (Lipinski definition) is 3. The van der Waals surface area contributed by atoms with Crippen LogP contribution < -0.4 is 10.6 Å². The molecule has 2 aromatic carbocycles. The minimum Gasteiger partial charge on any atom is -0.391 e. The van der Waals surface area contributed by atoms with E-state index in [2.05, 4.69) is 10.6 Å². The van der Waals surface area contributed by atoms with Gasteiger partial charge in [-0.25, -0.2) is 13.6 Å². The third-order valence-electron chi connectivity index (χ3n) is 2.89. The minimum absolute atomic E-state index is 0.0502. The van der Waals surface area contributed by atoms with Gasteiger partial charge in [-0.05, 0) is 36.0 Å². The maximum Gasteiger partial charge on any atom is 0.446 e. The number of aliphatic hydroxyl groups excluding tert-OH is 1. The lowest BCUT2D eigenvalue weighted by molar-refractivity contribution is -0.0328. The predicted molar refractivity (Wildman–Crippen MR) is 83.3 cm³/mol. The highest BCUT2D eigenvalue weighted by Crippen LogP contribution is 2.37. The van der Waals surface area contributed by atoms with Crippen LogP contribution in [-0.4, -0.2) is 16.6 Å². The van der Waals surface area contributed by atoms with Gasteiger partial charge >= 0.3 is 11.5 Å². The monoisotopic (exact) mass is 378 g/mol. The molecule has 0 heterocycles. The number of halogens is 5. The highest BCUT2D eigenvalue weighted by Gasteiger charge is 2.29. The van der Waals surface area contributed by atoms with E-state index in [1.807, 2.05) is 0 Å². The summed E-state index contributed by atoms with van der Waals surface area (Å²) in [5.74, 6) is -2.00. The lowest BCUT2D eigenvalue weighted by Crippen LogP contribution is -2.21. The number of aliphatic hydroxyl groups is 1. The lowest BCUT2D eigenvalue weighted by atomic mass is 10.1. The van der Waals surface area contributed by atoms with E-state index in [-0.39, 0.29) is 33.6 Å². The van der Waals surface area contributed by atoms with Crippen molar-refractivity contribution in [3.8, 4) is 0 Å². The van der Waals surface area contributed by atoms with Gasteiger partial charge in [0, 0.05) is 22.2 Å². The fourth-order valence-corrected chi connectivity index (χ4v) is 2.53. The van der Waals surface area contributed by atoms with Crippen molar-refractivity contribution >= 4 is 29.2 Å². The van der Waals surface area contributed by atoms with Gasteiger partial charge in [0.2, 0.25) is 0 Å². The Morgan fingerprint density at radius 1 is 1.12 bits per heavy atom. The van der Waals surface area contributed by atoms with Crippen molar-refractivity contribution in [2.45, 2.75) is 17.0 Å². The van der Waals surface area contributed by atoms with Crippen molar-refractivity contribution in [2.75, 3.05) is 10.6 Å². The molecule has 0 aromatic heterocycles. The van der Waals surface area contributed by atoms with Crippen LogP contribution in [-0.2, 0) is 6.61 Å². The highest BCUT2D eigenvalue weighted by atomic mass is 32.2. The summed E-state index contributed by atoms with van der Waals surface area (Å²) in [7, 11) is 0. The molecule has 0 radical (unpaired) electrons. The molecule has 0 spiro atoms. The molecule has 0 saturated carbocycles. The summed E-state index contributed by atoms with van der Waals surface area (Å²) in [6, 6.07) is 5.39. The number of carbonyl (C=O) groups excluding carboxylic acids is 1. The molecule has 0 aliphatic heterocycles. The Hall–Kier alpha value is -2.33. The topological polar surface area (TPSA) is 61.4 Å². The quantitative estimate of drug-likeness (QED) is 0.533. The molecule has 0 fully saturated rings. The molecule has 3 N–H and O–H groups in total. The number of nitrogens with one attached hydrogen (secondary N) is 2. The summed E-state index contributed by atoms with van der Waals surface area (Å²) >= 11 is -0.348. The molecular weight excluding hydrogens is 367 g/mol. The number of benzene rings is 2. The minimum atomic E-state index is -4.48. The van der Waals surface area contributed by atoms with Crippen LogP contribution >= 0.6 is 11.8 Å². The molecule has 25 heavy (non-hydrogen) atoms. The number of amides is 2. The summed E-state index contributed by atoms with van der Waals surface area (Å²) in [5.41, 5.74) is -5.04. The second-order valence-electron chi connectivity index (χ2n) is 4.73. The zero-order chi connectivity index (χ0) is 18.6. The van der Waals surface area contributed by atoms with Crippen molar-refractivity contribution in [3.63, 3.8) is 0 Å². The van der Waals surface area contributed by atoms with E-state index in [0.29, 0.717) is 6.07 Å². The molecule has 2 aromatic rings. The van der Waals surface area contributed by atoms with E-state index in [0.717, 1.165) is 12.1 Å². The fourth-order valence-electron chi connectivity index (χ4n) is 1.93. The molecule has 0 saturated heterocycles. The Morgan fingerprint density at radius 3 is 2.48 bits per heavy atom. The molecule has 0 unspecified atom stereocenters. The van der Waals surface area contributed by atoms with Crippen LogP contribution in [0.1, 0.15) is 5.56 Å². The molecule has 10 heteroatoms. The second kappa shape index (κ2) is 7.70. The molecule has 0 aliphatic carbocycles. The van der Waals surface area contributed by atoms with E-state index in [1.54, 1.807) is 0 Å². The van der Waals surface area contributed by atoms with E-state index in [9.17, 15) is 26.7 Å². The Kier molecular flexibility index (Phi) is 5.85. The standard InChI is InChI=1S/C15H11F5N2O2S/c16-8-4-12(17)11(7-23)13(5-8)22-14(24)21-9-2-1-3-10(6-9)25-15(18,19)20/h1-6,23H,7H2,(H2,21,22,24). The summed E-state index contributed by atoms with van der Waals surface area (Å²) in [6.45, 7) is -0.778. The molecule has 0 bridgehead atoms. The number of rotatable bonds is 4. The smallest absolute Gasteiger partial charge is 0.391 e. The zero-order valence-electron chi connectivity index (χ0n) is 12.3. The summed E-state index contributed by atoms with van der Waals surface area (Å²) < 4.78 is 63.8. The molecule has 2 rings (SSSR count). The summed E-state index contributed by atoms with van der Waals surface area (Å²) in [5, 5.41) is 13.5. The van der Waals surface area contributed by atoms with Crippen molar-refractivity contribution in [3.05, 3.63) is 53.6 Å². The van der Waals surface area contributed by atoms with Gasteiger partial charge in [0.05, 0.1) is 12.3 Å². The Balaban J connectivity index is 2.12. The van der Waals surface area contributed by atoms with Crippen molar-refractivity contribution in [1.82, 2.24) is 0 Å². The number of alkyl halides is 3. The molecule has 0 aliphatic rings. The summed E-state index contributed by atoms with van der Waals surface area (Å²) in [6.07, 6.45) is 0. The lowest BCUT2D eigenvalue weighted by Gasteiger charge is -2.12. The fraction of sp³-hybridized carbons (Fsp3) is 0.133. The number of anilines is 2. The normalized spacial score (nSPS) is 11.3. The Bertz CT molecular complexity index is 783. The molecular formula is C15H11F5N2O2S. The maximum absolute atomic E-state index is 13.5. The van der Waals surface area contributed by atoms with Gasteiger partial charge < -0.3 is 15.7 Å². The van der Waals surface area contributed by atoms with Crippen LogP contribution in [0.15, 0.2) is 41.3 Å². The summed E-state index contributed by atoms with van der Waals surface area (Å²) in [4.78, 5) is 11.8. The van der Waals surface area contributed by atoms with Gasteiger partial charge in [0.25, 0.3) is 0 Å². The van der Waals surface area contributed by atoms with E-state index in [4.69, 9.17) is 5.11 Å². The van der Waals surface area contributed by atoms with Gasteiger partial charge in [-0.3, -0.25) is 0 Å². The SMILES string of the molecule is O=C(Nc1cccc(SC(F)(F)F)c1)Nc1cc(F)cc(F)c1CO. The highest BCUT2D eigenvalue weighted by molar-refractivity contribution is 8.00. The van der Waals surface area contributed by atoms with Crippen LogP contribution in [0.2, 0.25) is 0 Å². The Morgan fingerprint density at radius 2 is 1.84 bits per heavy atom. The van der Waals surface area contributed by atoms with Gasteiger partial charge in [-0.2, -0.15) is 13.2 Å². The first-order valence-electron chi connectivity index (χ1n) is 6.70. The van der Waals surface area contributed by atoms with Gasteiger partial charge in [0.15, 0.2) is 0 Å². The van der Waals surface area contributed by atoms with E-state index in [1.165, 1.54) is 18.2 Å². The second-order valence-corrected chi connectivity index (χ2v) is 5.87. The van der Waals surface area contributed by atoms with Crippen LogP contribution in [0.4, 0.5) is 38.1 Å². The van der Waals surface area contributed by atoms with E-state index < -0.39 is 29.8 Å². The van der Waals surface area contributed by atoms with E-state index >= 15 is 0 Å². The van der Waals surface area contributed by atoms with Gasteiger partial charge in [-0.1, -0.05) is 6.07 Å². The first-order valence-corrected chi connectivity index (χ1v) is 7.52. The molecule has 2 amide bonds. The average Bonchev–Trinajstić information content (AvgIpc) is 2.45. The first-order chi connectivity index (χ1) is 11.7. The third kappa shape index (κ3) is 5.61. The predicted octanol–water partition coefficient (Wildman–Crippen LogP) is 4.71. The van der Waals surface area contributed by atoms with Crippen LogP contribution in [0.3, 0.4) is 0 Å². The maximum atomic E-state index is 13.5. The zero-order valence-corrected chi connectivity index (χ0v) is 13.1. The number of urea groups is 1. The molecule has 134 valence electrons. The number of thioether (sulfide) groups is 1. The van der Waals surface area contributed by atoms with Crippen LogP contribution in [0.25, 0.3) is 0 Å². The number of carbonyl (C=O) groups is 1. The number of hydrogen-bond acceptors (Lipinski definition) is 3. The van der Waals surface area contributed by atoms with Crippen molar-refractivity contribution in [1.29, 1.82) is 0 Å². The van der Waals surface area contributed by atoms with Gasteiger partial charge in [-0.15, -0.1) is 0 Å². The van der Waals surface area contributed by atoms with Crippen molar-refractivity contribution < 1.29 is 31.9 Å². The van der Waals surface area contributed by atoms with Crippen LogP contribution in [0.5, 0.6) is 0 Å². The first kappa shape index (κ1) is 19.0. The van der Waals surface area contributed by atoms with Crippen LogP contribution in [0, 0.1) is 11.6 Å². The van der Waals surface area contributed by atoms with Gasteiger partial charge in [0.1, 0.15) is 11.6 Å². The Labute approximate surface area is 143 Å². The van der Waals surface area contributed by atoms with Crippen molar-refractivity contribution in [2.24, 2.45) is 0 Å². The third-order valence-corrected chi connectivity index (χ3v) is 3.61. The largest absolute Gasteiger partial charge is 0.446 e. The average molecular weight is 378 g/mol. The molecule has 4 nitrogen and oxygen atoms in total.